The zero-order valence-electron chi connectivity index (χ0n) is 10.7. The molecule has 0 spiro atoms. The van der Waals surface area contributed by atoms with E-state index in [9.17, 15) is 0 Å². The molecule has 0 heterocycles. The van der Waals surface area contributed by atoms with E-state index in [-0.39, 0.29) is 11.5 Å². The van der Waals surface area contributed by atoms with Gasteiger partial charge in [0.1, 0.15) is 11.9 Å². The first kappa shape index (κ1) is 12.7. The van der Waals surface area contributed by atoms with Gasteiger partial charge < -0.3 is 10.1 Å². The molecule has 1 saturated carbocycles. The zero-order valence-corrected chi connectivity index (χ0v) is 11.4. The lowest BCUT2D eigenvalue weighted by atomic mass is 9.64. The second kappa shape index (κ2) is 4.87. The van der Waals surface area contributed by atoms with Crippen LogP contribution in [0.3, 0.4) is 0 Å². The van der Waals surface area contributed by atoms with Crippen LogP contribution in [-0.2, 0) is 0 Å². The maximum Gasteiger partial charge on any atom is 0.119 e. The van der Waals surface area contributed by atoms with Crippen LogP contribution in [0.1, 0.15) is 27.2 Å². The first-order chi connectivity index (χ1) is 8.04. The average Bonchev–Trinajstić information content (AvgIpc) is 2.30. The maximum atomic E-state index is 6.00. The van der Waals surface area contributed by atoms with Gasteiger partial charge in [-0.3, -0.25) is 0 Å². The Balaban J connectivity index is 1.95. The summed E-state index contributed by atoms with van der Waals surface area (Å²) in [6.45, 7) is 7.67. The molecule has 1 aliphatic rings. The fourth-order valence-electron chi connectivity index (χ4n) is 2.36. The van der Waals surface area contributed by atoms with Crippen molar-refractivity contribution in [2.45, 2.75) is 39.3 Å². The van der Waals surface area contributed by atoms with Gasteiger partial charge in [-0.05, 0) is 30.8 Å². The third kappa shape index (κ3) is 2.58. The molecule has 0 bridgehead atoms. The molecule has 2 nitrogen and oxygen atoms in total. The molecule has 2 rings (SSSR count). The zero-order chi connectivity index (χ0) is 12.5. The van der Waals surface area contributed by atoms with Crippen molar-refractivity contribution >= 4 is 11.6 Å². The summed E-state index contributed by atoms with van der Waals surface area (Å²) in [5.41, 5.74) is 0.190. The molecule has 0 aliphatic heterocycles. The Bertz CT molecular complexity index is 374. The molecule has 0 aromatic heterocycles. The minimum absolute atomic E-state index is 0.190. The van der Waals surface area contributed by atoms with Crippen LogP contribution in [0.15, 0.2) is 24.3 Å². The largest absolute Gasteiger partial charge is 0.490 e. The van der Waals surface area contributed by atoms with Crippen molar-refractivity contribution in [2.75, 3.05) is 6.54 Å². The van der Waals surface area contributed by atoms with E-state index >= 15 is 0 Å². The van der Waals surface area contributed by atoms with Gasteiger partial charge in [-0.2, -0.15) is 0 Å². The number of hydrogen-bond acceptors (Lipinski definition) is 2. The number of ether oxygens (including phenoxy) is 1. The van der Waals surface area contributed by atoms with E-state index < -0.39 is 0 Å². The van der Waals surface area contributed by atoms with Gasteiger partial charge in [-0.25, -0.2) is 0 Å². The molecule has 1 fully saturated rings. The topological polar surface area (TPSA) is 21.3 Å². The quantitative estimate of drug-likeness (QED) is 0.887. The Morgan fingerprint density at radius 3 is 2.53 bits per heavy atom. The lowest BCUT2D eigenvalue weighted by molar-refractivity contribution is -0.0541. The molecule has 2 unspecified atom stereocenters. The monoisotopic (exact) mass is 253 g/mol. The molecule has 17 heavy (non-hydrogen) atoms. The molecule has 0 saturated heterocycles. The van der Waals surface area contributed by atoms with E-state index in [2.05, 4.69) is 26.1 Å². The lowest BCUT2D eigenvalue weighted by Gasteiger charge is -2.51. The number of rotatable bonds is 4. The normalized spacial score (nSPS) is 26.4. The molecule has 1 aromatic rings. The number of halogens is 1. The van der Waals surface area contributed by atoms with Gasteiger partial charge in [0, 0.05) is 22.9 Å². The molecular formula is C14H20ClNO. The highest BCUT2D eigenvalue weighted by Crippen LogP contribution is 2.43. The van der Waals surface area contributed by atoms with Crippen molar-refractivity contribution in [1.82, 2.24) is 5.32 Å². The van der Waals surface area contributed by atoms with Gasteiger partial charge in [0.05, 0.1) is 0 Å². The van der Waals surface area contributed by atoms with E-state index in [0.29, 0.717) is 6.04 Å². The predicted octanol–water partition coefficient (Wildman–Crippen LogP) is 3.50. The molecule has 1 N–H and O–H groups in total. The van der Waals surface area contributed by atoms with Crippen LogP contribution in [0.2, 0.25) is 5.02 Å². The summed E-state index contributed by atoms with van der Waals surface area (Å²) < 4.78 is 6.00. The molecule has 2 atom stereocenters. The van der Waals surface area contributed by atoms with Gasteiger partial charge >= 0.3 is 0 Å². The highest BCUT2D eigenvalue weighted by Gasteiger charge is 2.49. The molecule has 1 aliphatic carbocycles. The van der Waals surface area contributed by atoms with Gasteiger partial charge in [-0.15, -0.1) is 0 Å². The van der Waals surface area contributed by atoms with Crippen molar-refractivity contribution in [2.24, 2.45) is 5.41 Å². The summed E-state index contributed by atoms with van der Waals surface area (Å²) in [5, 5.41) is 4.24. The molecular weight excluding hydrogens is 234 g/mol. The minimum Gasteiger partial charge on any atom is -0.490 e. The SMILES string of the molecule is CCNC1CC(Oc2ccc(Cl)cc2)C1(C)C. The fraction of sp³-hybridized carbons (Fsp3) is 0.571. The van der Waals surface area contributed by atoms with Gasteiger partial charge in [-0.1, -0.05) is 32.4 Å². The summed E-state index contributed by atoms with van der Waals surface area (Å²) in [5.74, 6) is 0.905. The van der Waals surface area contributed by atoms with Crippen molar-refractivity contribution in [3.05, 3.63) is 29.3 Å². The average molecular weight is 254 g/mol. The van der Waals surface area contributed by atoms with Crippen LogP contribution in [0, 0.1) is 5.41 Å². The second-order valence-electron chi connectivity index (χ2n) is 5.23. The molecule has 0 radical (unpaired) electrons. The number of nitrogens with one attached hydrogen (secondary N) is 1. The van der Waals surface area contributed by atoms with Gasteiger partial charge in [0.2, 0.25) is 0 Å². The smallest absolute Gasteiger partial charge is 0.119 e. The highest BCUT2D eigenvalue weighted by molar-refractivity contribution is 6.30. The minimum atomic E-state index is 0.190. The summed E-state index contributed by atoms with van der Waals surface area (Å²) >= 11 is 5.85. The van der Waals surface area contributed by atoms with Crippen LogP contribution in [0.25, 0.3) is 0 Å². The Hall–Kier alpha value is -0.730. The first-order valence-electron chi connectivity index (χ1n) is 6.19. The van der Waals surface area contributed by atoms with Crippen molar-refractivity contribution < 1.29 is 4.74 Å². The van der Waals surface area contributed by atoms with Crippen LogP contribution in [0.4, 0.5) is 0 Å². The van der Waals surface area contributed by atoms with E-state index in [4.69, 9.17) is 16.3 Å². The summed E-state index contributed by atoms with van der Waals surface area (Å²) in [7, 11) is 0. The van der Waals surface area contributed by atoms with Gasteiger partial charge in [0.25, 0.3) is 0 Å². The molecule has 3 heteroatoms. The Morgan fingerprint density at radius 2 is 2.00 bits per heavy atom. The summed E-state index contributed by atoms with van der Waals surface area (Å²) in [6, 6.07) is 8.15. The Kier molecular flexibility index (Phi) is 3.64. The predicted molar refractivity (Wildman–Crippen MR) is 71.7 cm³/mol. The summed E-state index contributed by atoms with van der Waals surface area (Å²) in [6.07, 6.45) is 1.36. The van der Waals surface area contributed by atoms with Crippen LogP contribution < -0.4 is 10.1 Å². The van der Waals surface area contributed by atoms with E-state index in [0.717, 1.165) is 23.7 Å². The van der Waals surface area contributed by atoms with Crippen molar-refractivity contribution in [1.29, 1.82) is 0 Å². The van der Waals surface area contributed by atoms with Crippen molar-refractivity contribution in [3.63, 3.8) is 0 Å². The van der Waals surface area contributed by atoms with E-state index in [1.165, 1.54) is 0 Å². The molecule has 94 valence electrons. The number of benzene rings is 1. The van der Waals surface area contributed by atoms with Crippen molar-refractivity contribution in [3.8, 4) is 5.75 Å². The fourth-order valence-corrected chi connectivity index (χ4v) is 2.48. The highest BCUT2D eigenvalue weighted by atomic mass is 35.5. The number of hydrogen-bond donors (Lipinski definition) is 1. The Labute approximate surface area is 108 Å². The first-order valence-corrected chi connectivity index (χ1v) is 6.57. The standard InChI is InChI=1S/C14H20ClNO/c1-4-16-12-9-13(14(12,2)3)17-11-7-5-10(15)6-8-11/h5-8,12-13,16H,4,9H2,1-3H3. The third-order valence-corrected chi connectivity index (χ3v) is 3.97. The maximum absolute atomic E-state index is 6.00. The molecule has 0 amide bonds. The Morgan fingerprint density at radius 1 is 1.35 bits per heavy atom. The van der Waals surface area contributed by atoms with Gasteiger partial charge in [0.15, 0.2) is 0 Å². The van der Waals surface area contributed by atoms with E-state index in [1.807, 2.05) is 24.3 Å². The molecule has 1 aromatic carbocycles. The van der Waals surface area contributed by atoms with E-state index in [1.54, 1.807) is 0 Å². The lowest BCUT2D eigenvalue weighted by Crippen LogP contribution is -2.62. The second-order valence-corrected chi connectivity index (χ2v) is 5.66. The van der Waals surface area contributed by atoms with Crippen LogP contribution in [-0.4, -0.2) is 18.7 Å². The van der Waals surface area contributed by atoms with Crippen LogP contribution >= 0.6 is 11.6 Å². The summed E-state index contributed by atoms with van der Waals surface area (Å²) in [4.78, 5) is 0. The van der Waals surface area contributed by atoms with Crippen LogP contribution in [0.5, 0.6) is 5.75 Å². The third-order valence-electron chi connectivity index (χ3n) is 3.72.